The summed E-state index contributed by atoms with van der Waals surface area (Å²) < 4.78 is 4.55. The Morgan fingerprint density at radius 1 is 1.57 bits per heavy atom. The molecule has 0 aliphatic carbocycles. The molecule has 14 heavy (non-hydrogen) atoms. The SMILES string of the molecule is CC(C)(C)OC=O.NC[C@H]1CCNC1. The first kappa shape index (κ1) is 13.4. The van der Waals surface area contributed by atoms with Gasteiger partial charge < -0.3 is 15.8 Å². The van der Waals surface area contributed by atoms with Crippen LogP contribution in [-0.2, 0) is 9.53 Å². The van der Waals surface area contributed by atoms with Crippen LogP contribution < -0.4 is 11.1 Å². The van der Waals surface area contributed by atoms with Gasteiger partial charge in [0, 0.05) is 0 Å². The smallest absolute Gasteiger partial charge is 0.293 e. The first-order valence-corrected chi connectivity index (χ1v) is 5.02. The normalized spacial score (nSPS) is 21.0. The van der Waals surface area contributed by atoms with Crippen LogP contribution in [0.25, 0.3) is 0 Å². The van der Waals surface area contributed by atoms with Crippen LogP contribution in [-0.4, -0.2) is 31.7 Å². The number of rotatable bonds is 2. The number of hydrogen-bond donors (Lipinski definition) is 2. The van der Waals surface area contributed by atoms with E-state index in [1.165, 1.54) is 13.0 Å². The molecule has 0 bridgehead atoms. The first-order chi connectivity index (χ1) is 6.49. The van der Waals surface area contributed by atoms with E-state index in [1.54, 1.807) is 0 Å². The fourth-order valence-electron chi connectivity index (χ4n) is 1.06. The fourth-order valence-corrected chi connectivity index (χ4v) is 1.06. The quantitative estimate of drug-likeness (QED) is 0.640. The molecule has 1 aliphatic rings. The molecule has 0 aromatic carbocycles. The maximum Gasteiger partial charge on any atom is 0.293 e. The molecule has 1 fully saturated rings. The summed E-state index contributed by atoms with van der Waals surface area (Å²) >= 11 is 0. The second kappa shape index (κ2) is 6.79. The lowest BCUT2D eigenvalue weighted by atomic mass is 10.1. The Hall–Kier alpha value is -0.610. The van der Waals surface area contributed by atoms with E-state index in [-0.39, 0.29) is 5.60 Å². The average Bonchev–Trinajstić information content (AvgIpc) is 2.54. The van der Waals surface area contributed by atoms with Crippen molar-refractivity contribution < 1.29 is 9.53 Å². The third kappa shape index (κ3) is 8.01. The van der Waals surface area contributed by atoms with Crippen LogP contribution in [0.2, 0.25) is 0 Å². The van der Waals surface area contributed by atoms with Crippen molar-refractivity contribution >= 4 is 6.47 Å². The standard InChI is InChI=1S/C5H12N2.C5H10O2/c6-3-5-1-2-7-4-5;1-5(2,3)7-4-6/h5,7H,1-4,6H2;4H,1-3H3/t5-;/m1./s1. The average molecular weight is 202 g/mol. The highest BCUT2D eigenvalue weighted by molar-refractivity contribution is 5.37. The van der Waals surface area contributed by atoms with Crippen LogP contribution in [0.3, 0.4) is 0 Å². The maximum absolute atomic E-state index is 9.60. The number of ether oxygens (including phenoxy) is 1. The molecule has 0 aromatic rings. The molecule has 1 heterocycles. The first-order valence-electron chi connectivity index (χ1n) is 5.02. The van der Waals surface area contributed by atoms with Crippen molar-refractivity contribution in [1.29, 1.82) is 0 Å². The highest BCUT2D eigenvalue weighted by atomic mass is 16.5. The van der Waals surface area contributed by atoms with Crippen LogP contribution in [0.15, 0.2) is 0 Å². The number of carbonyl (C=O) groups is 1. The van der Waals surface area contributed by atoms with E-state index >= 15 is 0 Å². The van der Waals surface area contributed by atoms with Crippen LogP contribution in [0.5, 0.6) is 0 Å². The lowest BCUT2D eigenvalue weighted by Gasteiger charge is -2.14. The van der Waals surface area contributed by atoms with E-state index in [1.807, 2.05) is 20.8 Å². The third-order valence-electron chi connectivity index (χ3n) is 1.90. The van der Waals surface area contributed by atoms with Gasteiger partial charge in [-0.05, 0) is 52.7 Å². The molecule has 0 radical (unpaired) electrons. The van der Waals surface area contributed by atoms with Gasteiger partial charge in [-0.25, -0.2) is 0 Å². The van der Waals surface area contributed by atoms with Crippen LogP contribution in [0.1, 0.15) is 27.2 Å². The lowest BCUT2D eigenvalue weighted by molar-refractivity contribution is -0.138. The fraction of sp³-hybridized carbons (Fsp3) is 0.900. The number of carbonyl (C=O) groups excluding carboxylic acids is 1. The summed E-state index contributed by atoms with van der Waals surface area (Å²) in [5, 5.41) is 3.24. The second-order valence-corrected chi connectivity index (χ2v) is 4.42. The summed E-state index contributed by atoms with van der Waals surface area (Å²) in [5.74, 6) is 0.764. The zero-order chi connectivity index (χ0) is 11.0. The minimum atomic E-state index is -0.318. The Kier molecular flexibility index (Phi) is 6.49. The molecule has 1 atom stereocenters. The van der Waals surface area contributed by atoms with Gasteiger partial charge in [0.2, 0.25) is 0 Å². The summed E-state index contributed by atoms with van der Waals surface area (Å²) in [4.78, 5) is 9.60. The van der Waals surface area contributed by atoms with Crippen molar-refractivity contribution in [2.24, 2.45) is 11.7 Å². The zero-order valence-electron chi connectivity index (χ0n) is 9.38. The second-order valence-electron chi connectivity index (χ2n) is 4.42. The molecule has 1 saturated heterocycles. The predicted molar refractivity (Wildman–Crippen MR) is 56.9 cm³/mol. The van der Waals surface area contributed by atoms with Gasteiger partial charge in [0.15, 0.2) is 0 Å². The molecule has 84 valence electrons. The van der Waals surface area contributed by atoms with Gasteiger partial charge in [-0.1, -0.05) is 0 Å². The summed E-state index contributed by atoms with van der Waals surface area (Å²) in [7, 11) is 0. The molecule has 4 nitrogen and oxygen atoms in total. The molecular formula is C10H22N2O2. The van der Waals surface area contributed by atoms with Gasteiger partial charge in [0.25, 0.3) is 6.47 Å². The highest BCUT2D eigenvalue weighted by Crippen LogP contribution is 2.03. The van der Waals surface area contributed by atoms with Gasteiger partial charge in [0.05, 0.1) is 0 Å². The van der Waals surface area contributed by atoms with Crippen LogP contribution in [0, 0.1) is 5.92 Å². The van der Waals surface area contributed by atoms with E-state index in [2.05, 4.69) is 10.1 Å². The van der Waals surface area contributed by atoms with Crippen LogP contribution >= 0.6 is 0 Å². The van der Waals surface area contributed by atoms with Gasteiger partial charge >= 0.3 is 0 Å². The number of nitrogens with two attached hydrogens (primary N) is 1. The Morgan fingerprint density at radius 3 is 2.36 bits per heavy atom. The van der Waals surface area contributed by atoms with Crippen molar-refractivity contribution in [3.63, 3.8) is 0 Å². The molecule has 4 heteroatoms. The molecule has 3 N–H and O–H groups in total. The van der Waals surface area contributed by atoms with Crippen molar-refractivity contribution in [2.75, 3.05) is 19.6 Å². The number of nitrogens with one attached hydrogen (secondary N) is 1. The van der Waals surface area contributed by atoms with E-state index in [9.17, 15) is 4.79 Å². The maximum atomic E-state index is 9.60. The summed E-state index contributed by atoms with van der Waals surface area (Å²) in [6.45, 7) is 9.08. The Labute approximate surface area is 86.2 Å². The minimum Gasteiger partial charge on any atom is -0.462 e. The molecule has 0 saturated carbocycles. The van der Waals surface area contributed by atoms with E-state index in [0.29, 0.717) is 6.47 Å². The largest absolute Gasteiger partial charge is 0.462 e. The van der Waals surface area contributed by atoms with E-state index in [0.717, 1.165) is 19.0 Å². The minimum absolute atomic E-state index is 0.318. The predicted octanol–water partition coefficient (Wildman–Crippen LogP) is 0.513. The molecule has 0 unspecified atom stereocenters. The molecular weight excluding hydrogens is 180 g/mol. The van der Waals surface area contributed by atoms with Crippen molar-refractivity contribution in [3.8, 4) is 0 Å². The lowest BCUT2D eigenvalue weighted by Crippen LogP contribution is -2.17. The van der Waals surface area contributed by atoms with Crippen molar-refractivity contribution in [3.05, 3.63) is 0 Å². The van der Waals surface area contributed by atoms with Gasteiger partial charge in [0.1, 0.15) is 5.60 Å². The molecule has 0 aromatic heterocycles. The topological polar surface area (TPSA) is 64.3 Å². The Bertz CT molecular complexity index is 149. The van der Waals surface area contributed by atoms with Gasteiger partial charge in [-0.15, -0.1) is 0 Å². The summed E-state index contributed by atoms with van der Waals surface area (Å²) in [5.41, 5.74) is 5.08. The zero-order valence-corrected chi connectivity index (χ0v) is 9.38. The molecule has 1 aliphatic heterocycles. The molecule has 0 spiro atoms. The highest BCUT2D eigenvalue weighted by Gasteiger charge is 2.10. The summed E-state index contributed by atoms with van der Waals surface area (Å²) in [6.07, 6.45) is 1.27. The van der Waals surface area contributed by atoms with E-state index < -0.39 is 0 Å². The Morgan fingerprint density at radius 2 is 2.21 bits per heavy atom. The van der Waals surface area contributed by atoms with Gasteiger partial charge in [-0.2, -0.15) is 0 Å². The van der Waals surface area contributed by atoms with E-state index in [4.69, 9.17) is 5.73 Å². The van der Waals surface area contributed by atoms with Crippen molar-refractivity contribution in [2.45, 2.75) is 32.8 Å². The molecule has 0 amide bonds. The summed E-state index contributed by atoms with van der Waals surface area (Å²) in [6, 6.07) is 0. The molecule has 1 rings (SSSR count). The Balaban J connectivity index is 0.000000241. The monoisotopic (exact) mass is 202 g/mol. The van der Waals surface area contributed by atoms with Crippen molar-refractivity contribution in [1.82, 2.24) is 5.32 Å². The van der Waals surface area contributed by atoms with Crippen LogP contribution in [0.4, 0.5) is 0 Å². The third-order valence-corrected chi connectivity index (χ3v) is 1.90. The van der Waals surface area contributed by atoms with Gasteiger partial charge in [-0.3, -0.25) is 4.79 Å². The number of hydrogen-bond acceptors (Lipinski definition) is 4.